The van der Waals surface area contributed by atoms with Crippen LogP contribution in [-0.4, -0.2) is 48.4 Å². The molecule has 4 nitrogen and oxygen atoms in total. The Morgan fingerprint density at radius 1 is 1.04 bits per heavy atom. The molecule has 2 aromatic carbocycles. The molecule has 4 rings (SSSR count). The monoisotopic (exact) mass is 336 g/mol. The van der Waals surface area contributed by atoms with E-state index in [1.54, 1.807) is 0 Å². The molecular weight excluding hydrogens is 312 g/mol. The van der Waals surface area contributed by atoms with Crippen molar-refractivity contribution >= 4 is 27.6 Å². The van der Waals surface area contributed by atoms with Crippen LogP contribution in [0.2, 0.25) is 0 Å². The van der Waals surface area contributed by atoms with Gasteiger partial charge in [-0.25, -0.2) is 0 Å². The van der Waals surface area contributed by atoms with Gasteiger partial charge in [0, 0.05) is 42.5 Å². The molecule has 3 aromatic rings. The number of hydrogen-bond donors (Lipinski definition) is 0. The minimum Gasteiger partial charge on any atom is -0.450 e. The highest BCUT2D eigenvalue weighted by molar-refractivity contribution is 6.08. The highest BCUT2D eigenvalue weighted by Gasteiger charge is 2.26. The fraction of sp³-hybridized carbons (Fsp3) is 0.381. The third-order valence-corrected chi connectivity index (χ3v) is 5.22. The van der Waals surface area contributed by atoms with Crippen molar-refractivity contribution in [1.29, 1.82) is 0 Å². The fourth-order valence-corrected chi connectivity index (χ4v) is 3.79. The molecule has 0 atom stereocenters. The van der Waals surface area contributed by atoms with Crippen LogP contribution in [0, 0.1) is 6.92 Å². The predicted molar refractivity (Wildman–Crippen MR) is 101 cm³/mol. The maximum atomic E-state index is 13.0. The average Bonchev–Trinajstić information content (AvgIpc) is 2.99. The van der Waals surface area contributed by atoms with Gasteiger partial charge in [-0.1, -0.05) is 43.3 Å². The van der Waals surface area contributed by atoms with E-state index in [1.165, 1.54) is 0 Å². The summed E-state index contributed by atoms with van der Waals surface area (Å²) < 4.78 is 6.10. The predicted octanol–water partition coefficient (Wildman–Crippen LogP) is 4.06. The van der Waals surface area contributed by atoms with Gasteiger partial charge in [-0.2, -0.15) is 0 Å². The fourth-order valence-electron chi connectivity index (χ4n) is 3.79. The molecule has 130 valence electrons. The second-order valence-corrected chi connectivity index (χ2v) is 6.85. The van der Waals surface area contributed by atoms with Crippen molar-refractivity contribution in [3.8, 4) is 0 Å². The molecule has 0 saturated carbocycles. The first-order chi connectivity index (χ1) is 12.2. The zero-order valence-electron chi connectivity index (χ0n) is 14.9. The maximum absolute atomic E-state index is 13.0. The number of piperazine rings is 1. The van der Waals surface area contributed by atoms with E-state index in [2.05, 4.69) is 36.1 Å². The second kappa shape index (κ2) is 6.52. The standard InChI is InChI=1S/C21H24N2O2/c1-3-10-22-11-13-23(14-12-22)21(24)19-15(2)17-9-8-16-6-4-5-7-18(16)20(17)25-19/h4-9H,3,10-14H2,1-2H3. The number of carbonyl (C=O) groups excluding carboxylic acids is 1. The molecule has 0 radical (unpaired) electrons. The molecule has 0 aliphatic carbocycles. The summed E-state index contributed by atoms with van der Waals surface area (Å²) in [5.41, 5.74) is 1.77. The zero-order chi connectivity index (χ0) is 17.4. The van der Waals surface area contributed by atoms with Gasteiger partial charge in [-0.15, -0.1) is 0 Å². The smallest absolute Gasteiger partial charge is 0.289 e. The zero-order valence-corrected chi connectivity index (χ0v) is 14.9. The minimum absolute atomic E-state index is 0.0222. The molecule has 2 heterocycles. The largest absolute Gasteiger partial charge is 0.450 e. The summed E-state index contributed by atoms with van der Waals surface area (Å²) in [7, 11) is 0. The van der Waals surface area contributed by atoms with E-state index >= 15 is 0 Å². The van der Waals surface area contributed by atoms with E-state index in [-0.39, 0.29) is 5.91 Å². The maximum Gasteiger partial charge on any atom is 0.289 e. The Labute approximate surface area is 148 Å². The van der Waals surface area contributed by atoms with Crippen molar-refractivity contribution in [2.24, 2.45) is 0 Å². The number of nitrogens with zero attached hydrogens (tertiary/aromatic N) is 2. The Kier molecular flexibility index (Phi) is 4.22. The van der Waals surface area contributed by atoms with Crippen molar-refractivity contribution in [2.45, 2.75) is 20.3 Å². The molecule has 0 unspecified atom stereocenters. The van der Waals surface area contributed by atoms with E-state index in [9.17, 15) is 4.79 Å². The molecule has 0 bridgehead atoms. The Bertz CT molecular complexity index is 920. The first-order valence-corrected chi connectivity index (χ1v) is 9.11. The minimum atomic E-state index is 0.0222. The van der Waals surface area contributed by atoms with Gasteiger partial charge in [-0.3, -0.25) is 9.69 Å². The molecule has 1 amide bonds. The van der Waals surface area contributed by atoms with E-state index in [0.717, 1.165) is 66.4 Å². The van der Waals surface area contributed by atoms with Gasteiger partial charge >= 0.3 is 0 Å². The topological polar surface area (TPSA) is 36.7 Å². The van der Waals surface area contributed by atoms with Crippen LogP contribution in [0.3, 0.4) is 0 Å². The number of fused-ring (bicyclic) bond motifs is 3. The number of benzene rings is 2. The van der Waals surface area contributed by atoms with Crippen LogP contribution in [0.5, 0.6) is 0 Å². The lowest BCUT2D eigenvalue weighted by Gasteiger charge is -2.34. The molecular formula is C21H24N2O2. The molecule has 0 spiro atoms. The summed E-state index contributed by atoms with van der Waals surface area (Å²) in [6.07, 6.45) is 1.16. The number of furan rings is 1. The van der Waals surface area contributed by atoms with Crippen LogP contribution in [0.1, 0.15) is 29.5 Å². The quantitative estimate of drug-likeness (QED) is 0.724. The number of aryl methyl sites for hydroxylation is 1. The normalized spacial score (nSPS) is 16.0. The van der Waals surface area contributed by atoms with Crippen molar-refractivity contribution in [3.63, 3.8) is 0 Å². The van der Waals surface area contributed by atoms with Gasteiger partial charge < -0.3 is 9.32 Å². The first kappa shape index (κ1) is 16.2. The van der Waals surface area contributed by atoms with Crippen molar-refractivity contribution in [1.82, 2.24) is 9.80 Å². The van der Waals surface area contributed by atoms with Crippen LogP contribution in [0.4, 0.5) is 0 Å². The first-order valence-electron chi connectivity index (χ1n) is 9.11. The van der Waals surface area contributed by atoms with Crippen LogP contribution < -0.4 is 0 Å². The summed E-state index contributed by atoms with van der Waals surface area (Å²) >= 11 is 0. The van der Waals surface area contributed by atoms with E-state index < -0.39 is 0 Å². The van der Waals surface area contributed by atoms with E-state index in [4.69, 9.17) is 4.42 Å². The SMILES string of the molecule is CCCN1CCN(C(=O)c2oc3c(ccc4ccccc43)c2C)CC1. The van der Waals surface area contributed by atoms with Crippen LogP contribution in [0.25, 0.3) is 21.7 Å². The third kappa shape index (κ3) is 2.81. The van der Waals surface area contributed by atoms with Crippen molar-refractivity contribution in [2.75, 3.05) is 32.7 Å². The van der Waals surface area contributed by atoms with Crippen LogP contribution in [0.15, 0.2) is 40.8 Å². The Hall–Kier alpha value is -2.33. The van der Waals surface area contributed by atoms with Gasteiger partial charge in [0.05, 0.1) is 0 Å². The molecule has 0 N–H and O–H groups in total. The summed E-state index contributed by atoms with van der Waals surface area (Å²) in [6, 6.07) is 12.3. The van der Waals surface area contributed by atoms with Gasteiger partial charge in [0.25, 0.3) is 5.91 Å². The van der Waals surface area contributed by atoms with E-state index in [0.29, 0.717) is 5.76 Å². The van der Waals surface area contributed by atoms with Gasteiger partial charge in [0.15, 0.2) is 5.76 Å². The highest BCUT2D eigenvalue weighted by Crippen LogP contribution is 2.32. The van der Waals surface area contributed by atoms with Gasteiger partial charge in [0.2, 0.25) is 0 Å². The van der Waals surface area contributed by atoms with E-state index in [1.807, 2.05) is 24.0 Å². The van der Waals surface area contributed by atoms with Crippen LogP contribution in [-0.2, 0) is 0 Å². The number of amides is 1. The average molecular weight is 336 g/mol. The third-order valence-electron chi connectivity index (χ3n) is 5.22. The summed E-state index contributed by atoms with van der Waals surface area (Å²) in [5.74, 6) is 0.518. The lowest BCUT2D eigenvalue weighted by molar-refractivity contribution is 0.0608. The Morgan fingerprint density at radius 2 is 1.80 bits per heavy atom. The summed E-state index contributed by atoms with van der Waals surface area (Å²) in [6.45, 7) is 8.73. The highest BCUT2D eigenvalue weighted by atomic mass is 16.3. The summed E-state index contributed by atoms with van der Waals surface area (Å²) in [4.78, 5) is 17.4. The number of carbonyl (C=O) groups is 1. The van der Waals surface area contributed by atoms with Crippen molar-refractivity contribution in [3.05, 3.63) is 47.7 Å². The number of rotatable bonds is 3. The van der Waals surface area contributed by atoms with Gasteiger partial charge in [0.1, 0.15) is 5.58 Å². The molecule has 1 saturated heterocycles. The molecule has 1 fully saturated rings. The lowest BCUT2D eigenvalue weighted by Crippen LogP contribution is -2.48. The molecule has 4 heteroatoms. The Balaban J connectivity index is 1.66. The molecule has 1 aliphatic heterocycles. The van der Waals surface area contributed by atoms with Crippen molar-refractivity contribution < 1.29 is 9.21 Å². The van der Waals surface area contributed by atoms with Crippen LogP contribution >= 0.6 is 0 Å². The molecule has 25 heavy (non-hydrogen) atoms. The van der Waals surface area contributed by atoms with Gasteiger partial charge in [-0.05, 0) is 25.3 Å². The second-order valence-electron chi connectivity index (χ2n) is 6.85. The molecule has 1 aromatic heterocycles. The number of hydrogen-bond acceptors (Lipinski definition) is 3. The summed E-state index contributed by atoms with van der Waals surface area (Å²) in [5, 5.41) is 3.23. The lowest BCUT2D eigenvalue weighted by atomic mass is 10.1. The molecule has 1 aliphatic rings. The Morgan fingerprint density at radius 3 is 2.56 bits per heavy atom.